The summed E-state index contributed by atoms with van der Waals surface area (Å²) in [6.45, 7) is 1.92. The van der Waals surface area contributed by atoms with Gasteiger partial charge in [-0.3, -0.25) is 14.9 Å². The van der Waals surface area contributed by atoms with Gasteiger partial charge in [0, 0.05) is 21.8 Å². The highest BCUT2D eigenvalue weighted by Crippen LogP contribution is 2.27. The summed E-state index contributed by atoms with van der Waals surface area (Å²) in [6, 6.07) is 8.77. The molecule has 0 bridgehead atoms. The maximum Gasteiger partial charge on any atom is 0.310 e. The maximum absolute atomic E-state index is 12.0. The molecule has 0 atom stereocenters. The van der Waals surface area contributed by atoms with Crippen molar-refractivity contribution in [1.29, 1.82) is 0 Å². The average Bonchev–Trinajstić information content (AvgIpc) is 2.42. The Morgan fingerprint density at radius 1 is 1.29 bits per heavy atom. The van der Waals surface area contributed by atoms with Crippen molar-refractivity contribution in [3.8, 4) is 5.75 Å². The molecule has 6 nitrogen and oxygen atoms in total. The van der Waals surface area contributed by atoms with Crippen LogP contribution in [0.15, 0.2) is 40.9 Å². The van der Waals surface area contributed by atoms with Crippen LogP contribution in [0.1, 0.15) is 15.9 Å². The van der Waals surface area contributed by atoms with Crippen LogP contribution >= 0.6 is 15.9 Å². The number of carbonyl (C=O) groups excluding carboxylic acids is 1. The number of amides is 1. The number of carbonyl (C=O) groups is 1. The van der Waals surface area contributed by atoms with Crippen molar-refractivity contribution in [2.75, 3.05) is 5.32 Å². The number of hydrogen-bond acceptors (Lipinski definition) is 4. The number of rotatable bonds is 3. The Labute approximate surface area is 128 Å². The second-order valence-corrected chi connectivity index (χ2v) is 5.23. The van der Waals surface area contributed by atoms with Crippen molar-refractivity contribution < 1.29 is 14.8 Å². The van der Waals surface area contributed by atoms with Crippen LogP contribution in [-0.4, -0.2) is 15.9 Å². The number of anilines is 1. The summed E-state index contributed by atoms with van der Waals surface area (Å²) >= 11 is 3.36. The number of halogens is 1. The third-order valence-electron chi connectivity index (χ3n) is 2.86. The van der Waals surface area contributed by atoms with Crippen LogP contribution < -0.4 is 5.32 Å². The molecule has 0 aromatic heterocycles. The van der Waals surface area contributed by atoms with Gasteiger partial charge in [-0.2, -0.15) is 0 Å². The minimum atomic E-state index is -0.714. The SMILES string of the molecule is Cc1ccc(NC(=O)c2ccc([N+](=O)[O-])c(O)c2)cc1Br. The smallest absolute Gasteiger partial charge is 0.310 e. The molecule has 0 aliphatic heterocycles. The summed E-state index contributed by atoms with van der Waals surface area (Å²) < 4.78 is 0.854. The zero-order valence-electron chi connectivity index (χ0n) is 11.0. The molecule has 0 saturated carbocycles. The molecule has 2 N–H and O–H groups in total. The Kier molecular flexibility index (Phi) is 4.23. The summed E-state index contributed by atoms with van der Waals surface area (Å²) in [4.78, 5) is 21.9. The number of aromatic hydroxyl groups is 1. The van der Waals surface area contributed by atoms with Gasteiger partial charge >= 0.3 is 5.69 Å². The second kappa shape index (κ2) is 5.92. The van der Waals surface area contributed by atoms with Gasteiger partial charge in [0.1, 0.15) is 0 Å². The van der Waals surface area contributed by atoms with E-state index in [4.69, 9.17) is 0 Å². The van der Waals surface area contributed by atoms with E-state index in [0.29, 0.717) is 5.69 Å². The van der Waals surface area contributed by atoms with Crippen molar-refractivity contribution in [1.82, 2.24) is 0 Å². The minimum absolute atomic E-state index is 0.134. The molecule has 0 heterocycles. The number of phenols is 1. The van der Waals surface area contributed by atoms with E-state index in [1.807, 2.05) is 13.0 Å². The summed E-state index contributed by atoms with van der Waals surface area (Å²) in [5, 5.41) is 22.8. The lowest BCUT2D eigenvalue weighted by Gasteiger charge is -2.07. The summed E-state index contributed by atoms with van der Waals surface area (Å²) in [5.74, 6) is -1.01. The zero-order chi connectivity index (χ0) is 15.6. The fraction of sp³-hybridized carbons (Fsp3) is 0.0714. The fourth-order valence-electron chi connectivity index (χ4n) is 1.69. The number of nitro benzene ring substituents is 1. The molecular weight excluding hydrogens is 340 g/mol. The molecule has 108 valence electrons. The predicted molar refractivity (Wildman–Crippen MR) is 81.6 cm³/mol. The highest BCUT2D eigenvalue weighted by Gasteiger charge is 2.16. The number of nitro groups is 1. The first-order chi connectivity index (χ1) is 9.88. The molecule has 0 aliphatic carbocycles. The van der Waals surface area contributed by atoms with Crippen LogP contribution in [0.25, 0.3) is 0 Å². The van der Waals surface area contributed by atoms with Crippen LogP contribution in [0.3, 0.4) is 0 Å². The molecule has 0 spiro atoms. The van der Waals surface area contributed by atoms with Gasteiger partial charge in [0.2, 0.25) is 0 Å². The van der Waals surface area contributed by atoms with Gasteiger partial charge in [-0.15, -0.1) is 0 Å². The molecule has 0 unspecified atom stereocenters. The van der Waals surface area contributed by atoms with Crippen molar-refractivity contribution in [2.45, 2.75) is 6.92 Å². The van der Waals surface area contributed by atoms with Crippen LogP contribution in [0.5, 0.6) is 5.75 Å². The topological polar surface area (TPSA) is 92.5 Å². The van der Waals surface area contributed by atoms with E-state index in [1.165, 1.54) is 6.07 Å². The number of nitrogens with one attached hydrogen (secondary N) is 1. The number of hydrogen-bond donors (Lipinski definition) is 2. The Bertz CT molecular complexity index is 731. The van der Waals surface area contributed by atoms with Crippen LogP contribution in [0, 0.1) is 17.0 Å². The number of phenolic OH excluding ortho intramolecular Hbond substituents is 1. The molecule has 2 aromatic rings. The highest BCUT2D eigenvalue weighted by molar-refractivity contribution is 9.10. The average molecular weight is 351 g/mol. The standard InChI is InChI=1S/C14H11BrN2O4/c1-8-2-4-10(7-11(8)15)16-14(19)9-3-5-12(17(20)21)13(18)6-9/h2-7,18H,1H3,(H,16,19). The van der Waals surface area contributed by atoms with Gasteiger partial charge in [-0.05, 0) is 36.8 Å². The molecule has 0 fully saturated rings. The third kappa shape index (κ3) is 3.38. The van der Waals surface area contributed by atoms with Crippen LogP contribution in [0.2, 0.25) is 0 Å². The summed E-state index contributed by atoms with van der Waals surface area (Å²) in [5.41, 5.74) is 1.30. The van der Waals surface area contributed by atoms with Crippen molar-refractivity contribution in [2.24, 2.45) is 0 Å². The quantitative estimate of drug-likeness (QED) is 0.652. The van der Waals surface area contributed by atoms with E-state index in [2.05, 4.69) is 21.2 Å². The lowest BCUT2D eigenvalue weighted by atomic mass is 10.1. The fourth-order valence-corrected chi connectivity index (χ4v) is 2.07. The van der Waals surface area contributed by atoms with Gasteiger partial charge < -0.3 is 10.4 Å². The van der Waals surface area contributed by atoms with E-state index in [1.54, 1.807) is 12.1 Å². The van der Waals surface area contributed by atoms with Crippen molar-refractivity contribution >= 4 is 33.2 Å². The molecule has 0 saturated heterocycles. The Morgan fingerprint density at radius 2 is 2.00 bits per heavy atom. The molecule has 2 rings (SSSR count). The second-order valence-electron chi connectivity index (χ2n) is 4.38. The third-order valence-corrected chi connectivity index (χ3v) is 3.72. The van der Waals surface area contributed by atoms with Crippen LogP contribution in [0.4, 0.5) is 11.4 Å². The summed E-state index contributed by atoms with van der Waals surface area (Å²) in [6.07, 6.45) is 0. The van der Waals surface area contributed by atoms with E-state index < -0.39 is 22.3 Å². The zero-order valence-corrected chi connectivity index (χ0v) is 12.5. The molecule has 0 aliphatic rings. The number of benzene rings is 2. The molecule has 21 heavy (non-hydrogen) atoms. The first-order valence-corrected chi connectivity index (χ1v) is 6.72. The number of aryl methyl sites for hydroxylation is 1. The van der Waals surface area contributed by atoms with E-state index >= 15 is 0 Å². The molecular formula is C14H11BrN2O4. The minimum Gasteiger partial charge on any atom is -0.502 e. The van der Waals surface area contributed by atoms with E-state index in [-0.39, 0.29) is 5.56 Å². The molecule has 7 heteroatoms. The Morgan fingerprint density at radius 3 is 2.57 bits per heavy atom. The highest BCUT2D eigenvalue weighted by atomic mass is 79.9. The Hall–Kier alpha value is -2.41. The number of nitrogens with zero attached hydrogens (tertiary/aromatic N) is 1. The lowest BCUT2D eigenvalue weighted by Crippen LogP contribution is -2.12. The largest absolute Gasteiger partial charge is 0.502 e. The predicted octanol–water partition coefficient (Wildman–Crippen LogP) is 3.62. The molecule has 0 radical (unpaired) electrons. The molecule has 1 amide bonds. The first-order valence-electron chi connectivity index (χ1n) is 5.93. The maximum atomic E-state index is 12.0. The Balaban J connectivity index is 2.22. The van der Waals surface area contributed by atoms with E-state index in [9.17, 15) is 20.0 Å². The lowest BCUT2D eigenvalue weighted by molar-refractivity contribution is -0.385. The monoisotopic (exact) mass is 350 g/mol. The van der Waals surface area contributed by atoms with Gasteiger partial charge in [0.05, 0.1) is 4.92 Å². The van der Waals surface area contributed by atoms with E-state index in [0.717, 1.165) is 22.2 Å². The molecule has 2 aromatic carbocycles. The first kappa shape index (κ1) is 15.0. The van der Waals surface area contributed by atoms with Crippen LogP contribution in [-0.2, 0) is 0 Å². The van der Waals surface area contributed by atoms with Crippen molar-refractivity contribution in [3.05, 3.63) is 62.1 Å². The normalized spacial score (nSPS) is 10.2. The van der Waals surface area contributed by atoms with Gasteiger partial charge in [-0.25, -0.2) is 0 Å². The summed E-state index contributed by atoms with van der Waals surface area (Å²) in [7, 11) is 0. The van der Waals surface area contributed by atoms with Gasteiger partial charge in [-0.1, -0.05) is 22.0 Å². The van der Waals surface area contributed by atoms with Gasteiger partial charge in [0.15, 0.2) is 5.75 Å². The van der Waals surface area contributed by atoms with Gasteiger partial charge in [0.25, 0.3) is 5.91 Å². The van der Waals surface area contributed by atoms with Crippen molar-refractivity contribution in [3.63, 3.8) is 0 Å².